The van der Waals surface area contributed by atoms with E-state index in [0.29, 0.717) is 19.1 Å². The third-order valence-corrected chi connectivity index (χ3v) is 3.86. The molecule has 0 spiro atoms. The summed E-state index contributed by atoms with van der Waals surface area (Å²) in [6.07, 6.45) is 4.98. The lowest BCUT2D eigenvalue weighted by Gasteiger charge is -2.25. The lowest BCUT2D eigenvalue weighted by Crippen LogP contribution is -2.38. The van der Waals surface area contributed by atoms with Crippen LogP contribution in [0.2, 0.25) is 0 Å². The van der Waals surface area contributed by atoms with Gasteiger partial charge in [0.1, 0.15) is 0 Å². The van der Waals surface area contributed by atoms with Crippen molar-refractivity contribution in [2.45, 2.75) is 32.1 Å². The number of rotatable bonds is 4. The maximum atomic E-state index is 12.0. The van der Waals surface area contributed by atoms with Crippen LogP contribution in [0.25, 0.3) is 0 Å². The quantitative estimate of drug-likeness (QED) is 0.730. The minimum atomic E-state index is -0.376. The van der Waals surface area contributed by atoms with E-state index in [-0.39, 0.29) is 11.4 Å². The van der Waals surface area contributed by atoms with E-state index in [1.54, 1.807) is 0 Å². The Hall–Kier alpha value is -0.610. The second-order valence-corrected chi connectivity index (χ2v) is 5.02. The Morgan fingerprint density at radius 1 is 1.44 bits per heavy atom. The number of ether oxygens (including phenoxy) is 2. The van der Waals surface area contributed by atoms with Gasteiger partial charge >= 0.3 is 5.97 Å². The molecule has 0 bridgehead atoms. The van der Waals surface area contributed by atoms with E-state index in [2.05, 4.69) is 0 Å². The van der Waals surface area contributed by atoms with Crippen LogP contribution in [0.4, 0.5) is 0 Å². The summed E-state index contributed by atoms with van der Waals surface area (Å²) in [5.41, 5.74) is 5.35. The molecule has 0 radical (unpaired) electrons. The molecule has 0 aromatic carbocycles. The molecule has 4 nitrogen and oxygen atoms in total. The van der Waals surface area contributed by atoms with Gasteiger partial charge in [-0.25, -0.2) is 0 Å². The molecule has 1 unspecified atom stereocenters. The fourth-order valence-electron chi connectivity index (χ4n) is 2.60. The van der Waals surface area contributed by atoms with Gasteiger partial charge in [-0.3, -0.25) is 4.79 Å². The molecular formula is C12H21NO3. The molecule has 2 N–H and O–H groups in total. The summed E-state index contributed by atoms with van der Waals surface area (Å²) in [6, 6.07) is 0. The van der Waals surface area contributed by atoms with Gasteiger partial charge in [-0.2, -0.15) is 0 Å². The Morgan fingerprint density at radius 3 is 2.75 bits per heavy atom. The van der Waals surface area contributed by atoms with Gasteiger partial charge < -0.3 is 15.2 Å². The highest BCUT2D eigenvalue weighted by Gasteiger charge is 2.41. The van der Waals surface area contributed by atoms with Gasteiger partial charge in [-0.15, -0.1) is 0 Å². The summed E-state index contributed by atoms with van der Waals surface area (Å²) in [5.74, 6) is 0.305. The molecule has 4 heteroatoms. The minimum absolute atomic E-state index is 0.0839. The van der Waals surface area contributed by atoms with Crippen molar-refractivity contribution in [3.8, 4) is 0 Å². The van der Waals surface area contributed by atoms with Crippen LogP contribution in [0.15, 0.2) is 0 Å². The first kappa shape index (κ1) is 11.9. The molecule has 2 rings (SSSR count). The normalized spacial score (nSPS) is 28.2. The van der Waals surface area contributed by atoms with E-state index in [4.69, 9.17) is 15.2 Å². The summed E-state index contributed by atoms with van der Waals surface area (Å²) in [5, 5.41) is 0. The summed E-state index contributed by atoms with van der Waals surface area (Å²) in [6.45, 7) is 2.45. The van der Waals surface area contributed by atoms with Crippen LogP contribution in [0.3, 0.4) is 0 Å². The largest absolute Gasteiger partial charge is 0.465 e. The van der Waals surface area contributed by atoms with Crippen molar-refractivity contribution in [3.05, 3.63) is 0 Å². The molecule has 2 fully saturated rings. The molecule has 1 heterocycles. The second kappa shape index (κ2) is 5.15. The lowest BCUT2D eigenvalue weighted by atomic mass is 9.86. The number of hydrogen-bond donors (Lipinski definition) is 1. The fourth-order valence-corrected chi connectivity index (χ4v) is 2.60. The van der Waals surface area contributed by atoms with Gasteiger partial charge in [0, 0.05) is 19.1 Å². The predicted octanol–water partition coefficient (Wildman–Crippen LogP) is 1.09. The zero-order chi connectivity index (χ0) is 11.4. The van der Waals surface area contributed by atoms with Gasteiger partial charge in [0.15, 0.2) is 0 Å². The monoisotopic (exact) mass is 227 g/mol. The number of carbonyl (C=O) groups excluding carboxylic acids is 1. The van der Waals surface area contributed by atoms with Crippen LogP contribution in [0.5, 0.6) is 0 Å². The van der Waals surface area contributed by atoms with Crippen molar-refractivity contribution in [2.75, 3.05) is 26.4 Å². The van der Waals surface area contributed by atoms with Gasteiger partial charge in [0.2, 0.25) is 0 Å². The first-order chi connectivity index (χ1) is 7.77. The zero-order valence-corrected chi connectivity index (χ0v) is 9.74. The molecule has 1 aliphatic carbocycles. The molecule has 1 atom stereocenters. The molecule has 1 saturated carbocycles. The van der Waals surface area contributed by atoms with E-state index in [9.17, 15) is 4.79 Å². The maximum Gasteiger partial charge on any atom is 0.313 e. The average Bonchev–Trinajstić information content (AvgIpc) is 2.97. The van der Waals surface area contributed by atoms with Crippen LogP contribution in [0, 0.1) is 11.3 Å². The van der Waals surface area contributed by atoms with Crippen molar-refractivity contribution < 1.29 is 14.3 Å². The summed E-state index contributed by atoms with van der Waals surface area (Å²) in [7, 11) is 0. The first-order valence-electron chi connectivity index (χ1n) is 6.22. The van der Waals surface area contributed by atoms with Crippen molar-refractivity contribution in [1.82, 2.24) is 0 Å². The van der Waals surface area contributed by atoms with Gasteiger partial charge in [-0.1, -0.05) is 12.8 Å². The van der Waals surface area contributed by atoms with Gasteiger partial charge in [0.05, 0.1) is 18.6 Å². The maximum absolute atomic E-state index is 12.0. The van der Waals surface area contributed by atoms with Crippen molar-refractivity contribution in [2.24, 2.45) is 17.1 Å². The first-order valence-corrected chi connectivity index (χ1v) is 6.22. The Morgan fingerprint density at radius 2 is 2.19 bits per heavy atom. The standard InChI is InChI=1S/C12H21NO3/c13-9-12(4-1-2-5-12)11(14)16-8-10-3-6-15-7-10/h10H,1-9,13H2. The summed E-state index contributed by atoms with van der Waals surface area (Å²) < 4.78 is 10.7. The van der Waals surface area contributed by atoms with Crippen LogP contribution in [0.1, 0.15) is 32.1 Å². The highest BCUT2D eigenvalue weighted by molar-refractivity contribution is 5.77. The van der Waals surface area contributed by atoms with Crippen LogP contribution in [-0.2, 0) is 14.3 Å². The molecule has 1 aliphatic heterocycles. The smallest absolute Gasteiger partial charge is 0.313 e. The van der Waals surface area contributed by atoms with Crippen LogP contribution < -0.4 is 5.73 Å². The molecule has 1 saturated heterocycles. The van der Waals surface area contributed by atoms with E-state index in [1.165, 1.54) is 0 Å². The van der Waals surface area contributed by atoms with Gasteiger partial charge in [-0.05, 0) is 19.3 Å². The van der Waals surface area contributed by atoms with Crippen molar-refractivity contribution >= 4 is 5.97 Å². The number of esters is 1. The predicted molar refractivity (Wildman–Crippen MR) is 59.8 cm³/mol. The Kier molecular flexibility index (Phi) is 3.82. The summed E-state index contributed by atoms with van der Waals surface area (Å²) in [4.78, 5) is 12.0. The summed E-state index contributed by atoms with van der Waals surface area (Å²) >= 11 is 0. The minimum Gasteiger partial charge on any atom is -0.465 e. The third kappa shape index (κ3) is 2.38. The number of hydrogen-bond acceptors (Lipinski definition) is 4. The number of carbonyl (C=O) groups is 1. The van der Waals surface area contributed by atoms with E-state index in [1.807, 2.05) is 0 Å². The molecule has 0 aromatic heterocycles. The third-order valence-electron chi connectivity index (χ3n) is 3.86. The van der Waals surface area contributed by atoms with Crippen LogP contribution >= 0.6 is 0 Å². The van der Waals surface area contributed by atoms with E-state index in [0.717, 1.165) is 45.3 Å². The Bertz CT molecular complexity index is 243. The highest BCUT2D eigenvalue weighted by Crippen LogP contribution is 2.38. The van der Waals surface area contributed by atoms with E-state index >= 15 is 0 Å². The van der Waals surface area contributed by atoms with Gasteiger partial charge in [0.25, 0.3) is 0 Å². The van der Waals surface area contributed by atoms with Crippen LogP contribution in [-0.4, -0.2) is 32.3 Å². The second-order valence-electron chi connectivity index (χ2n) is 5.02. The molecule has 0 aromatic rings. The SMILES string of the molecule is NCC1(C(=O)OCC2CCOC2)CCCC1. The molecule has 0 amide bonds. The van der Waals surface area contributed by atoms with Crippen molar-refractivity contribution in [3.63, 3.8) is 0 Å². The zero-order valence-electron chi connectivity index (χ0n) is 9.74. The molecule has 2 aliphatic rings. The Labute approximate surface area is 96.5 Å². The number of nitrogens with two attached hydrogens (primary N) is 1. The van der Waals surface area contributed by atoms with Crippen molar-refractivity contribution in [1.29, 1.82) is 0 Å². The van der Waals surface area contributed by atoms with E-state index < -0.39 is 0 Å². The molecule has 92 valence electrons. The lowest BCUT2D eigenvalue weighted by molar-refractivity contribution is -0.156. The average molecular weight is 227 g/mol. The molecule has 16 heavy (non-hydrogen) atoms. The highest BCUT2D eigenvalue weighted by atomic mass is 16.5. The topological polar surface area (TPSA) is 61.6 Å². The Balaban J connectivity index is 1.81. The molecular weight excluding hydrogens is 206 g/mol. The fraction of sp³-hybridized carbons (Fsp3) is 0.917.